The molecular formula is C24H21F3N4O2. The van der Waals surface area contributed by atoms with E-state index in [9.17, 15) is 22.8 Å². The fourth-order valence-corrected chi connectivity index (χ4v) is 3.85. The molecule has 1 atom stereocenters. The average Bonchev–Trinajstić information content (AvgIpc) is 2.76. The highest BCUT2D eigenvalue weighted by molar-refractivity contribution is 6.11. The molecule has 0 saturated heterocycles. The molecular weight excluding hydrogens is 433 g/mol. The van der Waals surface area contributed by atoms with Gasteiger partial charge in [-0.05, 0) is 41.3 Å². The van der Waals surface area contributed by atoms with Gasteiger partial charge in [0.2, 0.25) is 5.91 Å². The Morgan fingerprint density at radius 1 is 1.03 bits per heavy atom. The normalized spacial score (nSPS) is 12.9. The van der Waals surface area contributed by atoms with Gasteiger partial charge in [-0.25, -0.2) is 4.98 Å². The van der Waals surface area contributed by atoms with Crippen LogP contribution in [-0.2, 0) is 0 Å². The number of H-pyrrole nitrogens is 1. The largest absolute Gasteiger partial charge is 0.408 e. The first-order valence-electron chi connectivity index (χ1n) is 10.2. The highest BCUT2D eigenvalue weighted by Gasteiger charge is 2.42. The molecule has 2 aromatic carbocycles. The van der Waals surface area contributed by atoms with Crippen molar-refractivity contribution in [3.63, 3.8) is 0 Å². The van der Waals surface area contributed by atoms with Gasteiger partial charge in [-0.3, -0.25) is 9.59 Å². The lowest BCUT2D eigenvalue weighted by molar-refractivity contribution is -0.150. The molecule has 170 valence electrons. The maximum absolute atomic E-state index is 13.6. The van der Waals surface area contributed by atoms with Gasteiger partial charge in [-0.2, -0.15) is 13.2 Å². The van der Waals surface area contributed by atoms with Crippen molar-refractivity contribution in [3.8, 4) is 11.1 Å². The van der Waals surface area contributed by atoms with E-state index in [0.717, 1.165) is 11.1 Å². The number of pyridine rings is 2. The molecule has 0 unspecified atom stereocenters. The Labute approximate surface area is 186 Å². The number of fused-ring (bicyclic) bond motifs is 3. The van der Waals surface area contributed by atoms with Gasteiger partial charge in [-0.15, -0.1) is 0 Å². The summed E-state index contributed by atoms with van der Waals surface area (Å²) in [4.78, 5) is 30.9. The van der Waals surface area contributed by atoms with Crippen LogP contribution < -0.4 is 16.6 Å². The fourth-order valence-electron chi connectivity index (χ4n) is 3.85. The van der Waals surface area contributed by atoms with Gasteiger partial charge in [0.05, 0.1) is 10.9 Å². The molecule has 0 fully saturated rings. The van der Waals surface area contributed by atoms with Crippen LogP contribution in [0.5, 0.6) is 0 Å². The summed E-state index contributed by atoms with van der Waals surface area (Å²) in [6.45, 7) is 2.96. The van der Waals surface area contributed by atoms with Gasteiger partial charge in [0.25, 0.3) is 5.56 Å². The molecule has 0 bridgehead atoms. The summed E-state index contributed by atoms with van der Waals surface area (Å²) in [6, 6.07) is 11.4. The van der Waals surface area contributed by atoms with E-state index in [0.29, 0.717) is 16.3 Å². The number of carbonyl (C=O) groups excluding carboxylic acids is 1. The SMILES string of the molecule is CC(C)[C@@H](Nc1nc2cc[nH]c(=O)c2c2cc(-c3ccc(C(N)=O)cc3)ccc12)C(F)(F)F. The first-order chi connectivity index (χ1) is 15.6. The number of alkyl halides is 3. The molecule has 0 aliphatic rings. The number of benzene rings is 2. The number of nitrogens with two attached hydrogens (primary N) is 1. The van der Waals surface area contributed by atoms with Crippen molar-refractivity contribution in [2.75, 3.05) is 5.32 Å². The number of hydrogen-bond acceptors (Lipinski definition) is 4. The lowest BCUT2D eigenvalue weighted by Crippen LogP contribution is -2.40. The van der Waals surface area contributed by atoms with E-state index in [-0.39, 0.29) is 16.7 Å². The molecule has 6 nitrogen and oxygen atoms in total. The molecule has 4 rings (SSSR count). The summed E-state index contributed by atoms with van der Waals surface area (Å²) >= 11 is 0. The zero-order valence-electron chi connectivity index (χ0n) is 17.8. The predicted molar refractivity (Wildman–Crippen MR) is 122 cm³/mol. The minimum absolute atomic E-state index is 0.0507. The van der Waals surface area contributed by atoms with Crippen molar-refractivity contribution >= 4 is 33.4 Å². The quantitative estimate of drug-likeness (QED) is 0.376. The Bertz CT molecular complexity index is 1410. The smallest absolute Gasteiger partial charge is 0.366 e. The third kappa shape index (κ3) is 4.26. The fraction of sp³-hybridized carbons (Fsp3) is 0.208. The third-order valence-corrected chi connectivity index (χ3v) is 5.53. The average molecular weight is 454 g/mol. The number of carbonyl (C=O) groups is 1. The van der Waals surface area contributed by atoms with Gasteiger partial charge in [0.15, 0.2) is 0 Å². The Balaban J connectivity index is 1.94. The van der Waals surface area contributed by atoms with Crippen LogP contribution in [0, 0.1) is 5.92 Å². The molecule has 4 N–H and O–H groups in total. The van der Waals surface area contributed by atoms with Gasteiger partial charge in [-0.1, -0.05) is 38.1 Å². The minimum atomic E-state index is -4.48. The molecule has 4 aromatic rings. The molecule has 9 heteroatoms. The molecule has 0 aliphatic carbocycles. The Morgan fingerprint density at radius 2 is 1.70 bits per heavy atom. The second kappa shape index (κ2) is 8.23. The minimum Gasteiger partial charge on any atom is -0.366 e. The molecule has 0 radical (unpaired) electrons. The van der Waals surface area contributed by atoms with Crippen LogP contribution in [0.3, 0.4) is 0 Å². The van der Waals surface area contributed by atoms with Gasteiger partial charge in [0.1, 0.15) is 11.9 Å². The lowest BCUT2D eigenvalue weighted by atomic mass is 9.98. The number of nitrogens with zero attached hydrogens (tertiary/aromatic N) is 1. The van der Waals surface area contributed by atoms with Crippen molar-refractivity contribution < 1.29 is 18.0 Å². The molecule has 0 spiro atoms. The summed E-state index contributed by atoms with van der Waals surface area (Å²) < 4.78 is 40.9. The summed E-state index contributed by atoms with van der Waals surface area (Å²) in [7, 11) is 0. The van der Waals surface area contributed by atoms with Crippen LogP contribution in [0.2, 0.25) is 0 Å². The monoisotopic (exact) mass is 454 g/mol. The van der Waals surface area contributed by atoms with Gasteiger partial charge >= 0.3 is 6.18 Å². The highest BCUT2D eigenvalue weighted by Crippen LogP contribution is 2.35. The number of halogens is 3. The van der Waals surface area contributed by atoms with E-state index in [1.165, 1.54) is 20.0 Å². The van der Waals surface area contributed by atoms with Crippen LogP contribution in [0.25, 0.3) is 32.8 Å². The topological polar surface area (TPSA) is 101 Å². The first kappa shape index (κ1) is 22.3. The summed E-state index contributed by atoms with van der Waals surface area (Å²) in [5, 5.41) is 3.69. The highest BCUT2D eigenvalue weighted by atomic mass is 19.4. The summed E-state index contributed by atoms with van der Waals surface area (Å²) in [5.41, 5.74) is 7.00. The number of aromatic amines is 1. The van der Waals surface area contributed by atoms with E-state index >= 15 is 0 Å². The zero-order chi connectivity index (χ0) is 23.9. The maximum Gasteiger partial charge on any atom is 0.408 e. The number of amides is 1. The summed E-state index contributed by atoms with van der Waals surface area (Å²) in [5.74, 6) is -1.24. The summed E-state index contributed by atoms with van der Waals surface area (Å²) in [6.07, 6.45) is -3.07. The predicted octanol–water partition coefficient (Wildman–Crippen LogP) is 4.84. The first-order valence-corrected chi connectivity index (χ1v) is 10.2. The number of rotatable bonds is 5. The van der Waals surface area contributed by atoms with Crippen molar-refractivity contribution in [3.05, 3.63) is 70.6 Å². The third-order valence-electron chi connectivity index (χ3n) is 5.53. The molecule has 2 aromatic heterocycles. The van der Waals surface area contributed by atoms with Crippen molar-refractivity contribution in [2.45, 2.75) is 26.1 Å². The Morgan fingerprint density at radius 3 is 2.30 bits per heavy atom. The molecule has 2 heterocycles. The maximum atomic E-state index is 13.6. The van der Waals surface area contributed by atoms with E-state index in [4.69, 9.17) is 5.73 Å². The van der Waals surface area contributed by atoms with E-state index in [1.807, 2.05) is 0 Å². The molecule has 33 heavy (non-hydrogen) atoms. The number of primary amides is 1. The van der Waals surface area contributed by atoms with Gasteiger partial charge in [0, 0.05) is 22.5 Å². The Kier molecular flexibility index (Phi) is 5.57. The van der Waals surface area contributed by atoms with E-state index in [1.54, 1.807) is 48.5 Å². The molecule has 0 saturated carbocycles. The zero-order valence-corrected chi connectivity index (χ0v) is 17.8. The van der Waals surface area contributed by atoms with Crippen molar-refractivity contribution in [2.24, 2.45) is 11.7 Å². The van der Waals surface area contributed by atoms with E-state index < -0.39 is 29.6 Å². The number of anilines is 1. The number of nitrogens with one attached hydrogen (secondary N) is 2. The van der Waals surface area contributed by atoms with Gasteiger partial charge < -0.3 is 16.0 Å². The lowest BCUT2D eigenvalue weighted by Gasteiger charge is -2.26. The van der Waals surface area contributed by atoms with Crippen LogP contribution in [0.1, 0.15) is 24.2 Å². The van der Waals surface area contributed by atoms with Crippen molar-refractivity contribution in [1.82, 2.24) is 9.97 Å². The standard InChI is InChI=1S/C24H21F3N4O2/c1-12(2)20(24(25,26)27)31-22-16-8-7-15(13-3-5-14(6-4-13)21(28)32)11-17(16)19-18(30-22)9-10-29-23(19)33/h3-12,20H,1-2H3,(H2,28,32)(H,29,33)(H,30,31)/t20-/m1/s1. The van der Waals surface area contributed by atoms with Crippen LogP contribution in [0.4, 0.5) is 19.0 Å². The Hall–Kier alpha value is -3.88. The van der Waals surface area contributed by atoms with Crippen LogP contribution in [0.15, 0.2) is 59.5 Å². The molecule has 0 aliphatic heterocycles. The number of aromatic nitrogens is 2. The number of hydrogen-bond donors (Lipinski definition) is 3. The van der Waals surface area contributed by atoms with E-state index in [2.05, 4.69) is 15.3 Å². The second-order valence-electron chi connectivity index (χ2n) is 8.14. The molecule has 1 amide bonds. The van der Waals surface area contributed by atoms with Crippen LogP contribution in [-0.4, -0.2) is 28.1 Å². The van der Waals surface area contributed by atoms with Crippen molar-refractivity contribution in [1.29, 1.82) is 0 Å². The van der Waals surface area contributed by atoms with Crippen LogP contribution >= 0.6 is 0 Å². The second-order valence-corrected chi connectivity index (χ2v) is 8.14.